The van der Waals surface area contributed by atoms with Crippen LogP contribution in [0.5, 0.6) is 0 Å². The number of carboxylic acids is 2. The maximum Gasteiger partial charge on any atom is 0.419 e. The number of carbonyl (C=O) groups is 5. The van der Waals surface area contributed by atoms with Crippen LogP contribution in [0.1, 0.15) is 143 Å². The molecule has 10 aromatic carbocycles. The molecule has 0 saturated heterocycles. The Bertz CT molecular complexity index is 7090. The molecule has 0 atom stereocenters. The summed E-state index contributed by atoms with van der Waals surface area (Å²) in [5, 5.41) is 30.2. The first-order valence-corrected chi connectivity index (χ1v) is 46.9. The average molecular weight is 1980 g/mol. The van der Waals surface area contributed by atoms with Crippen LogP contribution in [-0.4, -0.2) is 85.3 Å². The number of ether oxygens (including phenoxy) is 3. The highest BCUT2D eigenvalue weighted by atomic mass is 35.5. The molecule has 7 N–H and O–H groups in total. The number of sulfonamides is 3. The molecule has 6 heterocycles. The zero-order valence-corrected chi connectivity index (χ0v) is 77.1. The standard InChI is InChI=1S/C25H19F4NO4S2.C17H15NO4S2.C16H13NO4S2.C14H17NO2S.C10H8O2S.C9H9NS.5CH4.ClH/c1-15-19-5-3-4-6-22(19)35-23(15)30(14-16-7-12-21(26)20(13-16)25(27,28)29)36(32,33)18-10-8-17(9-11-18)24(31)34-2;1-11-14-5-3-4-6-15(14)23-16(11)18-24(20,21)13-9-7-12(8-10-13)17(19)22-2;1-10-13-4-2-3-5-14(13)22-15(10)17-23(20,21)12-8-6-11(7-9-12)16(18)19;1-9-10-7-5-6-8-11(10)18-12(9)15-13(16)17-14(2,3)4;1-6-7-4-2-3-5-8(7)13-9(6)10(11)12;1-6-7-4-2-3-5-8(7)11-9(6)10;;;;;;/h3-13H,14H2,1-2H3;3-10,18H,1-2H3;2-9,17H,1H3,(H,18,19);5-8H,1-4H3,(H,15,16);2-5H,1H3,(H,11,12);2-5H,10H2,1H3;5*1H4;1H. The van der Waals surface area contributed by atoms with Gasteiger partial charge < -0.3 is 30.2 Å². The van der Waals surface area contributed by atoms with Crippen LogP contribution in [0.4, 0.5) is 47.4 Å². The number of rotatable bonds is 16. The normalized spacial score (nSPS) is 11.0. The number of halogens is 5. The molecule has 0 aliphatic heterocycles. The maximum atomic E-state index is 13.9. The fraction of sp³-hybridized carbons (Fsp3) is 0.198. The van der Waals surface area contributed by atoms with E-state index in [0.717, 1.165) is 83.0 Å². The molecule has 21 nitrogen and oxygen atoms in total. The summed E-state index contributed by atoms with van der Waals surface area (Å²) < 4.78 is 158. The SMILES string of the molecule is C.C.C.C.C.COC(=O)c1ccc(S(=O)(=O)N(Cc2ccc(F)c(C(F)(F)F)c2)c2sc3ccccc3c2C)cc1.COC(=O)c1ccc(S(=O)(=O)Nc2sc3ccccc3c2C)cc1.Cc1c(C(=O)O)sc2ccccc12.Cc1c(N)sc2ccccc12.Cc1c(NC(=O)OC(C)(C)C)sc2ccccc12.Cc1c(NS(=O)(=O)c2ccc(C(=O)O)cc2)sc2ccccc12.Cl. The number of thiophene rings is 6. The number of fused-ring (bicyclic) bond motifs is 6. The van der Waals surface area contributed by atoms with Crippen LogP contribution in [-0.2, 0) is 57.0 Å². The number of anilines is 5. The second-order valence-corrected chi connectivity index (χ2v) is 40.2. The fourth-order valence-electron chi connectivity index (χ4n) is 12.6. The quantitative estimate of drug-likeness (QED) is 0.0297. The summed E-state index contributed by atoms with van der Waals surface area (Å²) in [5.74, 6) is -4.53. The van der Waals surface area contributed by atoms with Gasteiger partial charge >= 0.3 is 36.1 Å². The average Bonchev–Trinajstić information content (AvgIpc) is 1.68. The van der Waals surface area contributed by atoms with E-state index in [1.54, 1.807) is 41.7 Å². The smallest absolute Gasteiger partial charge is 0.419 e. The summed E-state index contributed by atoms with van der Waals surface area (Å²) in [4.78, 5) is 56.9. The molecule has 696 valence electrons. The number of aromatic carboxylic acids is 2. The van der Waals surface area contributed by atoms with Crippen molar-refractivity contribution < 1.29 is 91.2 Å². The summed E-state index contributed by atoms with van der Waals surface area (Å²) >= 11 is 8.49. The molecule has 16 rings (SSSR count). The van der Waals surface area contributed by atoms with Gasteiger partial charge in [0.05, 0.1) is 62.7 Å². The van der Waals surface area contributed by atoms with Gasteiger partial charge in [0, 0.05) is 28.2 Å². The number of aryl methyl sites for hydroxylation is 6. The molecule has 0 spiro atoms. The number of hydrogen-bond donors (Lipinski definition) is 6. The largest absolute Gasteiger partial charge is 0.478 e. The van der Waals surface area contributed by atoms with Crippen LogP contribution in [0.3, 0.4) is 0 Å². The van der Waals surface area contributed by atoms with Gasteiger partial charge in [-0.05, 0) is 255 Å². The lowest BCUT2D eigenvalue weighted by atomic mass is 10.1. The number of methoxy groups -OCH3 is 2. The van der Waals surface area contributed by atoms with Gasteiger partial charge in [0.1, 0.15) is 36.3 Å². The Morgan fingerprint density at radius 1 is 0.420 bits per heavy atom. The van der Waals surface area contributed by atoms with Crippen LogP contribution in [0, 0.1) is 47.4 Å². The molecule has 16 aromatic rings. The third-order valence-corrected chi connectivity index (χ3v) is 31.2. The first kappa shape index (κ1) is 110. The van der Waals surface area contributed by atoms with Gasteiger partial charge in [-0.25, -0.2) is 53.6 Å². The van der Waals surface area contributed by atoms with Gasteiger partial charge in [-0.3, -0.25) is 19.1 Å². The number of alkyl halides is 3. The first-order valence-electron chi connectivity index (χ1n) is 37.6. The lowest BCUT2D eigenvalue weighted by molar-refractivity contribution is -0.140. The number of carboxylic acid groups (broad SMARTS) is 2. The molecule has 35 heteroatoms. The number of nitrogen functional groups attached to an aromatic ring is 1. The second kappa shape index (κ2) is 46.3. The van der Waals surface area contributed by atoms with Gasteiger partial charge in [-0.1, -0.05) is 152 Å². The van der Waals surface area contributed by atoms with E-state index in [1.807, 2.05) is 164 Å². The van der Waals surface area contributed by atoms with Crippen molar-refractivity contribution in [2.24, 2.45) is 0 Å². The minimum atomic E-state index is -4.94. The molecule has 0 aliphatic rings. The molecule has 0 bridgehead atoms. The van der Waals surface area contributed by atoms with Crippen molar-refractivity contribution in [1.29, 1.82) is 0 Å². The molecule has 0 aliphatic carbocycles. The van der Waals surface area contributed by atoms with E-state index < -0.39 is 89.7 Å². The van der Waals surface area contributed by atoms with E-state index in [9.17, 15) is 66.8 Å². The lowest BCUT2D eigenvalue weighted by Gasteiger charge is -2.24. The van der Waals surface area contributed by atoms with Crippen molar-refractivity contribution in [2.45, 2.75) is 132 Å². The minimum Gasteiger partial charge on any atom is -0.478 e. The lowest BCUT2D eigenvalue weighted by Crippen LogP contribution is -2.30. The van der Waals surface area contributed by atoms with Crippen LogP contribution in [0.25, 0.3) is 60.5 Å². The summed E-state index contributed by atoms with van der Waals surface area (Å²) in [6.45, 7) is 16.5. The summed E-state index contributed by atoms with van der Waals surface area (Å²) in [7, 11) is -9.33. The van der Waals surface area contributed by atoms with Gasteiger partial charge in [-0.2, -0.15) is 13.2 Å². The number of hydrogen-bond acceptors (Lipinski definition) is 21. The van der Waals surface area contributed by atoms with E-state index in [4.69, 9.17) is 20.7 Å². The zero-order chi connectivity index (χ0) is 90.8. The van der Waals surface area contributed by atoms with E-state index >= 15 is 0 Å². The Morgan fingerprint density at radius 2 is 0.756 bits per heavy atom. The number of nitrogens with one attached hydrogen (secondary N) is 3. The van der Waals surface area contributed by atoms with Crippen molar-refractivity contribution in [3.05, 3.63) is 308 Å². The maximum absolute atomic E-state index is 13.9. The topological polar surface area (TPSA) is 321 Å². The van der Waals surface area contributed by atoms with Crippen molar-refractivity contribution in [3.63, 3.8) is 0 Å². The number of nitrogens with two attached hydrogens (primary N) is 1. The highest BCUT2D eigenvalue weighted by Crippen LogP contribution is 2.44. The third kappa shape index (κ3) is 26.3. The van der Waals surface area contributed by atoms with E-state index in [1.165, 1.54) is 158 Å². The predicted molar refractivity (Wildman–Crippen MR) is 537 cm³/mol. The molecule has 0 saturated carbocycles. The van der Waals surface area contributed by atoms with Crippen molar-refractivity contribution in [2.75, 3.05) is 39.0 Å². The molecule has 0 fully saturated rings. The number of carbonyl (C=O) groups excluding carboxylic acids is 3. The fourth-order valence-corrected chi connectivity index (χ4v) is 23.5. The molecule has 0 unspecified atom stereocenters. The molecule has 0 radical (unpaired) electrons. The molecular weight excluding hydrogens is 1880 g/mol. The highest BCUT2D eigenvalue weighted by Gasteiger charge is 2.36. The second-order valence-electron chi connectivity index (χ2n) is 28.7. The first-order chi connectivity index (χ1) is 59.1. The van der Waals surface area contributed by atoms with Crippen molar-refractivity contribution in [3.8, 4) is 0 Å². The Balaban J connectivity index is 0.000000286. The monoisotopic (exact) mass is 1980 g/mol. The number of esters is 2. The molecule has 1 amide bonds. The minimum absolute atomic E-state index is 0. The van der Waals surface area contributed by atoms with Gasteiger partial charge in [0.2, 0.25) is 0 Å². The van der Waals surface area contributed by atoms with Crippen molar-refractivity contribution in [1.82, 2.24) is 0 Å². The number of benzene rings is 10. The van der Waals surface area contributed by atoms with E-state index in [0.29, 0.717) is 43.1 Å². The Morgan fingerprint density at radius 3 is 1.11 bits per heavy atom. The summed E-state index contributed by atoms with van der Waals surface area (Å²) in [5.41, 5.74) is 9.81. The van der Waals surface area contributed by atoms with Crippen LogP contribution < -0.4 is 24.8 Å². The molecule has 131 heavy (non-hydrogen) atoms. The molecule has 6 aromatic heterocycles. The van der Waals surface area contributed by atoms with Crippen LogP contribution in [0.15, 0.2) is 251 Å². The van der Waals surface area contributed by atoms with Gasteiger partial charge in [0.15, 0.2) is 0 Å². The molecular formula is C96H102ClF4N5O16S9. The van der Waals surface area contributed by atoms with Gasteiger partial charge in [-0.15, -0.1) is 80.4 Å². The Hall–Kier alpha value is -11.8. The number of nitrogens with zero attached hydrogens (tertiary/aromatic N) is 1. The van der Waals surface area contributed by atoms with E-state index in [2.05, 4.69) is 49.4 Å². The van der Waals surface area contributed by atoms with E-state index in [-0.39, 0.29) is 80.9 Å². The predicted octanol–water partition coefficient (Wildman–Crippen LogP) is 27.9. The Labute approximate surface area is 790 Å². The van der Waals surface area contributed by atoms with Crippen molar-refractivity contribution >= 4 is 226 Å². The third-order valence-electron chi connectivity index (χ3n) is 19.1. The van der Waals surface area contributed by atoms with Crippen LogP contribution in [0.2, 0.25) is 0 Å². The number of amides is 1. The Kier molecular flexibility index (Phi) is 38.8. The highest BCUT2D eigenvalue weighted by molar-refractivity contribution is 7.93. The summed E-state index contributed by atoms with van der Waals surface area (Å²) in [6, 6.07) is 65.0. The van der Waals surface area contributed by atoms with Gasteiger partial charge in [0.25, 0.3) is 30.1 Å². The van der Waals surface area contributed by atoms with Crippen LogP contribution >= 0.6 is 80.4 Å². The zero-order valence-electron chi connectivity index (χ0n) is 69.0. The summed E-state index contributed by atoms with van der Waals surface area (Å²) in [6.07, 6.45) is -5.35.